The molecule has 0 aliphatic heterocycles. The number of ether oxygens (including phenoxy) is 1. The second kappa shape index (κ2) is 8.27. The van der Waals surface area contributed by atoms with E-state index in [0.717, 1.165) is 6.07 Å². The average molecular weight is 369 g/mol. The van der Waals surface area contributed by atoms with E-state index in [0.29, 0.717) is 31.0 Å². The van der Waals surface area contributed by atoms with Gasteiger partial charge in [0.15, 0.2) is 11.6 Å². The van der Waals surface area contributed by atoms with Crippen LogP contribution in [0.15, 0.2) is 42.5 Å². The van der Waals surface area contributed by atoms with Crippen molar-refractivity contribution >= 4 is 24.0 Å². The molecule has 2 atom stereocenters. The highest BCUT2D eigenvalue weighted by molar-refractivity contribution is 5.95. The van der Waals surface area contributed by atoms with E-state index in [-0.39, 0.29) is 35.7 Å². The monoisotopic (exact) mass is 368 g/mol. The number of hydrogen-bond donors (Lipinski definition) is 2. The molecule has 1 fully saturated rings. The highest BCUT2D eigenvalue weighted by atomic mass is 35.5. The molecule has 1 aliphatic carbocycles. The third kappa shape index (κ3) is 4.46. The van der Waals surface area contributed by atoms with Gasteiger partial charge >= 0.3 is 0 Å². The van der Waals surface area contributed by atoms with Crippen molar-refractivity contribution < 1.29 is 18.3 Å². The molecule has 0 bridgehead atoms. The van der Waals surface area contributed by atoms with Gasteiger partial charge in [-0.1, -0.05) is 12.1 Å². The van der Waals surface area contributed by atoms with Gasteiger partial charge in [0.05, 0.1) is 0 Å². The summed E-state index contributed by atoms with van der Waals surface area (Å²) in [5.74, 6) is -1.88. The van der Waals surface area contributed by atoms with Crippen molar-refractivity contribution in [2.24, 2.45) is 11.7 Å². The van der Waals surface area contributed by atoms with Crippen molar-refractivity contribution in [2.45, 2.75) is 12.3 Å². The number of anilines is 1. The van der Waals surface area contributed by atoms with Gasteiger partial charge in [-0.2, -0.15) is 0 Å². The SMILES string of the molecule is Cl.NCCOc1ccc(NC(=O)C2CC2c2cccc(F)c2F)cc1. The first-order valence-corrected chi connectivity index (χ1v) is 7.78. The lowest BCUT2D eigenvalue weighted by Crippen LogP contribution is -2.15. The summed E-state index contributed by atoms with van der Waals surface area (Å²) in [6, 6.07) is 11.0. The van der Waals surface area contributed by atoms with E-state index in [2.05, 4.69) is 5.32 Å². The van der Waals surface area contributed by atoms with E-state index in [1.807, 2.05) is 0 Å². The van der Waals surface area contributed by atoms with E-state index in [1.54, 1.807) is 24.3 Å². The Balaban J connectivity index is 0.00000225. The van der Waals surface area contributed by atoms with Crippen LogP contribution in [0.2, 0.25) is 0 Å². The zero-order chi connectivity index (χ0) is 17.1. The Labute approximate surface area is 150 Å². The lowest BCUT2D eigenvalue weighted by atomic mass is 10.1. The third-order valence-electron chi connectivity index (χ3n) is 4.02. The predicted molar refractivity (Wildman–Crippen MR) is 94.1 cm³/mol. The number of halogens is 3. The molecule has 1 amide bonds. The molecule has 0 aromatic heterocycles. The van der Waals surface area contributed by atoms with Gasteiger partial charge in [-0.05, 0) is 48.2 Å². The van der Waals surface area contributed by atoms with Crippen LogP contribution in [0, 0.1) is 17.6 Å². The second-order valence-corrected chi connectivity index (χ2v) is 5.74. The molecule has 134 valence electrons. The molecule has 2 aromatic carbocycles. The topological polar surface area (TPSA) is 64.3 Å². The van der Waals surface area contributed by atoms with Crippen LogP contribution in [-0.2, 0) is 4.79 Å². The Bertz CT molecular complexity index is 740. The van der Waals surface area contributed by atoms with Crippen molar-refractivity contribution in [3.63, 3.8) is 0 Å². The summed E-state index contributed by atoms with van der Waals surface area (Å²) in [7, 11) is 0. The number of amides is 1. The molecule has 7 heteroatoms. The minimum atomic E-state index is -0.883. The number of hydrogen-bond acceptors (Lipinski definition) is 3. The number of benzene rings is 2. The number of nitrogens with one attached hydrogen (secondary N) is 1. The van der Waals surface area contributed by atoms with Gasteiger partial charge in [0.2, 0.25) is 5.91 Å². The third-order valence-corrected chi connectivity index (χ3v) is 4.02. The van der Waals surface area contributed by atoms with Gasteiger partial charge in [0, 0.05) is 18.2 Å². The summed E-state index contributed by atoms with van der Waals surface area (Å²) >= 11 is 0. The Morgan fingerprint density at radius 1 is 1.20 bits per heavy atom. The maximum atomic E-state index is 13.8. The highest BCUT2D eigenvalue weighted by Crippen LogP contribution is 2.49. The fraction of sp³-hybridized carbons (Fsp3) is 0.278. The average Bonchev–Trinajstić information content (AvgIpc) is 3.37. The van der Waals surface area contributed by atoms with Crippen LogP contribution in [0.4, 0.5) is 14.5 Å². The fourth-order valence-corrected chi connectivity index (χ4v) is 2.68. The van der Waals surface area contributed by atoms with Crippen LogP contribution in [0.25, 0.3) is 0 Å². The molecule has 0 heterocycles. The van der Waals surface area contributed by atoms with Crippen molar-refractivity contribution in [1.29, 1.82) is 0 Å². The summed E-state index contributed by atoms with van der Waals surface area (Å²) in [5, 5.41) is 2.79. The Morgan fingerprint density at radius 3 is 2.60 bits per heavy atom. The minimum Gasteiger partial charge on any atom is -0.492 e. The molecule has 1 saturated carbocycles. The molecular formula is C18H19ClF2N2O2. The Kier molecular flexibility index (Phi) is 6.33. The molecule has 2 unspecified atom stereocenters. The summed E-state index contributed by atoms with van der Waals surface area (Å²) in [5.41, 5.74) is 6.26. The molecular weight excluding hydrogens is 350 g/mol. The lowest BCUT2D eigenvalue weighted by Gasteiger charge is -2.08. The number of nitrogens with two attached hydrogens (primary N) is 1. The normalized spacial score (nSPS) is 18.2. The maximum absolute atomic E-state index is 13.8. The van der Waals surface area contributed by atoms with E-state index < -0.39 is 11.6 Å². The van der Waals surface area contributed by atoms with Gasteiger partial charge in [-0.3, -0.25) is 4.79 Å². The van der Waals surface area contributed by atoms with Crippen molar-refractivity contribution in [2.75, 3.05) is 18.5 Å². The standard InChI is InChI=1S/C18H18F2N2O2.ClH/c19-16-3-1-2-13(17(16)20)14-10-15(14)18(23)22-11-4-6-12(7-5-11)24-9-8-21;/h1-7,14-15H,8-10,21H2,(H,22,23);1H. The molecule has 3 rings (SSSR count). The highest BCUT2D eigenvalue weighted by Gasteiger charge is 2.45. The molecule has 0 spiro atoms. The largest absolute Gasteiger partial charge is 0.492 e. The summed E-state index contributed by atoms with van der Waals surface area (Å²) in [6.07, 6.45) is 0.518. The quantitative estimate of drug-likeness (QED) is 0.820. The van der Waals surface area contributed by atoms with Crippen LogP contribution in [0.3, 0.4) is 0 Å². The summed E-state index contributed by atoms with van der Waals surface area (Å²) in [6.45, 7) is 0.854. The zero-order valence-corrected chi connectivity index (χ0v) is 14.2. The Morgan fingerprint density at radius 2 is 1.92 bits per heavy atom. The van der Waals surface area contributed by atoms with Crippen LogP contribution in [0.5, 0.6) is 5.75 Å². The molecule has 1 aliphatic rings. The molecule has 3 N–H and O–H groups in total. The molecule has 0 radical (unpaired) electrons. The first-order chi connectivity index (χ1) is 11.6. The van der Waals surface area contributed by atoms with E-state index >= 15 is 0 Å². The van der Waals surface area contributed by atoms with Gasteiger partial charge in [0.25, 0.3) is 0 Å². The van der Waals surface area contributed by atoms with Crippen LogP contribution in [-0.4, -0.2) is 19.1 Å². The first-order valence-electron chi connectivity index (χ1n) is 7.78. The summed E-state index contributed by atoms with van der Waals surface area (Å²) in [4.78, 5) is 12.2. The van der Waals surface area contributed by atoms with Crippen LogP contribution >= 0.6 is 12.4 Å². The number of carbonyl (C=O) groups excluding carboxylic acids is 1. The van der Waals surface area contributed by atoms with Crippen LogP contribution < -0.4 is 15.8 Å². The smallest absolute Gasteiger partial charge is 0.228 e. The van der Waals surface area contributed by atoms with Crippen molar-refractivity contribution in [3.05, 3.63) is 59.7 Å². The number of rotatable bonds is 6. The molecule has 4 nitrogen and oxygen atoms in total. The zero-order valence-electron chi connectivity index (χ0n) is 13.4. The molecule has 2 aromatic rings. The maximum Gasteiger partial charge on any atom is 0.228 e. The van der Waals surface area contributed by atoms with Crippen molar-refractivity contribution in [3.8, 4) is 5.75 Å². The second-order valence-electron chi connectivity index (χ2n) is 5.74. The van der Waals surface area contributed by atoms with Crippen LogP contribution in [0.1, 0.15) is 17.9 Å². The first kappa shape index (κ1) is 19.1. The van der Waals surface area contributed by atoms with Gasteiger partial charge in [-0.15, -0.1) is 12.4 Å². The lowest BCUT2D eigenvalue weighted by molar-refractivity contribution is -0.117. The summed E-state index contributed by atoms with van der Waals surface area (Å²) < 4.78 is 32.4. The van der Waals surface area contributed by atoms with Gasteiger partial charge in [-0.25, -0.2) is 8.78 Å². The minimum absolute atomic E-state index is 0. The van der Waals surface area contributed by atoms with E-state index in [9.17, 15) is 13.6 Å². The molecule has 0 saturated heterocycles. The van der Waals surface area contributed by atoms with E-state index in [1.165, 1.54) is 12.1 Å². The predicted octanol–water partition coefficient (Wildman–Crippen LogP) is 3.47. The van der Waals surface area contributed by atoms with Gasteiger partial charge < -0.3 is 15.8 Å². The molecule has 25 heavy (non-hydrogen) atoms. The fourth-order valence-electron chi connectivity index (χ4n) is 2.68. The van der Waals surface area contributed by atoms with Crippen molar-refractivity contribution in [1.82, 2.24) is 0 Å². The number of carbonyl (C=O) groups is 1. The van der Waals surface area contributed by atoms with Gasteiger partial charge in [0.1, 0.15) is 12.4 Å². The Hall–Kier alpha value is -2.18. The van der Waals surface area contributed by atoms with E-state index in [4.69, 9.17) is 10.5 Å².